The number of carbonyl (C=O) groups excluding carboxylic acids is 1. The highest BCUT2D eigenvalue weighted by Crippen LogP contribution is 2.03. The standard InChI is InChI=1S/C18H33BrO3/c1-2-3-4-5-6-10-15-21-16-12-8-13-18(20)22-17-11-7-9-14-19/h3-4H,2,5-17H2,1H3/b4-3-. The van der Waals surface area contributed by atoms with E-state index in [2.05, 4.69) is 35.0 Å². The van der Waals surface area contributed by atoms with Crippen molar-refractivity contribution in [2.75, 3.05) is 25.2 Å². The predicted molar refractivity (Wildman–Crippen MR) is 96.6 cm³/mol. The Bertz CT molecular complexity index is 267. The minimum absolute atomic E-state index is 0.0680. The van der Waals surface area contributed by atoms with Gasteiger partial charge in [-0.3, -0.25) is 4.79 Å². The van der Waals surface area contributed by atoms with Crippen LogP contribution in [0, 0.1) is 0 Å². The number of alkyl halides is 1. The highest BCUT2D eigenvalue weighted by atomic mass is 79.9. The quantitative estimate of drug-likeness (QED) is 0.156. The molecule has 0 aliphatic heterocycles. The first-order valence-electron chi connectivity index (χ1n) is 8.75. The average Bonchev–Trinajstić information content (AvgIpc) is 2.52. The summed E-state index contributed by atoms with van der Waals surface area (Å²) in [6.45, 7) is 4.30. The van der Waals surface area contributed by atoms with Crippen LogP contribution in [0.2, 0.25) is 0 Å². The molecule has 0 radical (unpaired) electrons. The van der Waals surface area contributed by atoms with Crippen molar-refractivity contribution >= 4 is 21.9 Å². The fourth-order valence-corrected chi connectivity index (χ4v) is 2.35. The summed E-state index contributed by atoms with van der Waals surface area (Å²) in [5.74, 6) is -0.0680. The first kappa shape index (κ1) is 21.6. The Hall–Kier alpha value is -0.350. The number of rotatable bonds is 16. The molecule has 0 aromatic heterocycles. The zero-order valence-corrected chi connectivity index (χ0v) is 15.7. The van der Waals surface area contributed by atoms with Crippen molar-refractivity contribution in [1.29, 1.82) is 0 Å². The van der Waals surface area contributed by atoms with Gasteiger partial charge in [0.2, 0.25) is 0 Å². The van der Waals surface area contributed by atoms with Gasteiger partial charge < -0.3 is 9.47 Å². The Morgan fingerprint density at radius 3 is 2.36 bits per heavy atom. The summed E-state index contributed by atoms with van der Waals surface area (Å²) < 4.78 is 10.7. The van der Waals surface area contributed by atoms with Gasteiger partial charge in [-0.1, -0.05) is 35.0 Å². The number of hydrogen-bond acceptors (Lipinski definition) is 3. The average molecular weight is 377 g/mol. The summed E-state index contributed by atoms with van der Waals surface area (Å²) in [5.41, 5.74) is 0. The summed E-state index contributed by atoms with van der Waals surface area (Å²) in [6.07, 6.45) is 14.6. The number of ether oxygens (including phenoxy) is 2. The SMILES string of the molecule is CC/C=C\CCCCOCCCCC(=O)OCCCCCBr. The topological polar surface area (TPSA) is 35.5 Å². The smallest absolute Gasteiger partial charge is 0.305 e. The van der Waals surface area contributed by atoms with E-state index in [1.165, 1.54) is 6.42 Å². The van der Waals surface area contributed by atoms with Crippen LogP contribution in [0.5, 0.6) is 0 Å². The Morgan fingerprint density at radius 2 is 1.64 bits per heavy atom. The lowest BCUT2D eigenvalue weighted by Crippen LogP contribution is -2.06. The predicted octanol–water partition coefficient (Wildman–Crippen LogP) is 5.42. The molecule has 0 atom stereocenters. The van der Waals surface area contributed by atoms with Crippen LogP contribution < -0.4 is 0 Å². The lowest BCUT2D eigenvalue weighted by Gasteiger charge is -2.05. The maximum Gasteiger partial charge on any atom is 0.305 e. The van der Waals surface area contributed by atoms with E-state index < -0.39 is 0 Å². The van der Waals surface area contributed by atoms with Crippen LogP contribution in [-0.4, -0.2) is 31.1 Å². The maximum absolute atomic E-state index is 11.5. The number of esters is 1. The van der Waals surface area contributed by atoms with Crippen molar-refractivity contribution in [3.63, 3.8) is 0 Å². The third-order valence-electron chi connectivity index (χ3n) is 3.27. The Kier molecular flexibility index (Phi) is 18.4. The monoisotopic (exact) mass is 376 g/mol. The molecule has 0 rings (SSSR count). The molecule has 0 heterocycles. The van der Waals surface area contributed by atoms with Crippen LogP contribution in [0.3, 0.4) is 0 Å². The van der Waals surface area contributed by atoms with E-state index in [0.717, 1.165) is 69.9 Å². The van der Waals surface area contributed by atoms with E-state index in [9.17, 15) is 4.79 Å². The molecule has 0 amide bonds. The minimum Gasteiger partial charge on any atom is -0.466 e. The van der Waals surface area contributed by atoms with E-state index >= 15 is 0 Å². The fourth-order valence-electron chi connectivity index (χ4n) is 1.96. The zero-order chi connectivity index (χ0) is 16.3. The molecule has 0 aliphatic rings. The number of hydrogen-bond donors (Lipinski definition) is 0. The summed E-state index contributed by atoms with van der Waals surface area (Å²) in [7, 11) is 0. The molecule has 0 saturated carbocycles. The molecular weight excluding hydrogens is 344 g/mol. The lowest BCUT2D eigenvalue weighted by molar-refractivity contribution is -0.143. The minimum atomic E-state index is -0.0680. The number of unbranched alkanes of at least 4 members (excludes halogenated alkanes) is 5. The van der Waals surface area contributed by atoms with Gasteiger partial charge in [0.05, 0.1) is 6.61 Å². The summed E-state index contributed by atoms with van der Waals surface area (Å²) in [5, 5.41) is 1.02. The molecule has 0 aliphatic carbocycles. The van der Waals surface area contributed by atoms with Crippen LogP contribution in [0.15, 0.2) is 12.2 Å². The van der Waals surface area contributed by atoms with Crippen molar-refractivity contribution in [3.8, 4) is 0 Å². The third-order valence-corrected chi connectivity index (χ3v) is 3.83. The molecule has 4 heteroatoms. The molecule has 0 spiro atoms. The van der Waals surface area contributed by atoms with Crippen LogP contribution in [-0.2, 0) is 14.3 Å². The molecule has 0 unspecified atom stereocenters. The molecule has 3 nitrogen and oxygen atoms in total. The molecular formula is C18H33BrO3. The number of allylic oxidation sites excluding steroid dienone is 2. The number of halogens is 1. The molecule has 0 aromatic carbocycles. The highest BCUT2D eigenvalue weighted by molar-refractivity contribution is 9.09. The molecule has 0 bridgehead atoms. The Morgan fingerprint density at radius 1 is 0.909 bits per heavy atom. The van der Waals surface area contributed by atoms with Crippen LogP contribution in [0.1, 0.15) is 71.1 Å². The lowest BCUT2D eigenvalue weighted by atomic mass is 10.2. The summed E-state index contributed by atoms with van der Waals surface area (Å²) >= 11 is 3.39. The Labute approximate surface area is 145 Å². The molecule has 22 heavy (non-hydrogen) atoms. The second-order valence-corrected chi connectivity index (χ2v) is 6.21. The van der Waals surface area contributed by atoms with Gasteiger partial charge in [0.1, 0.15) is 0 Å². The van der Waals surface area contributed by atoms with Gasteiger partial charge in [-0.2, -0.15) is 0 Å². The van der Waals surface area contributed by atoms with E-state index in [0.29, 0.717) is 13.0 Å². The third kappa shape index (κ3) is 17.7. The van der Waals surface area contributed by atoms with Gasteiger partial charge in [-0.15, -0.1) is 0 Å². The Balaban J connectivity index is 3.15. The van der Waals surface area contributed by atoms with Crippen molar-refractivity contribution in [2.45, 2.75) is 71.1 Å². The van der Waals surface area contributed by atoms with Crippen LogP contribution in [0.4, 0.5) is 0 Å². The van der Waals surface area contributed by atoms with Gasteiger partial charge in [-0.05, 0) is 57.8 Å². The summed E-state index contributed by atoms with van der Waals surface area (Å²) in [4.78, 5) is 11.5. The number of carbonyl (C=O) groups is 1. The van der Waals surface area contributed by atoms with Crippen LogP contribution >= 0.6 is 15.9 Å². The van der Waals surface area contributed by atoms with Crippen molar-refractivity contribution in [3.05, 3.63) is 12.2 Å². The van der Waals surface area contributed by atoms with Gasteiger partial charge in [-0.25, -0.2) is 0 Å². The van der Waals surface area contributed by atoms with E-state index in [4.69, 9.17) is 9.47 Å². The van der Waals surface area contributed by atoms with E-state index in [-0.39, 0.29) is 5.97 Å². The van der Waals surface area contributed by atoms with Crippen molar-refractivity contribution in [1.82, 2.24) is 0 Å². The maximum atomic E-state index is 11.5. The molecule has 0 aromatic rings. The first-order valence-corrected chi connectivity index (χ1v) is 9.87. The van der Waals surface area contributed by atoms with Gasteiger partial charge >= 0.3 is 5.97 Å². The molecule has 0 N–H and O–H groups in total. The largest absolute Gasteiger partial charge is 0.466 e. The second-order valence-electron chi connectivity index (χ2n) is 5.42. The molecule has 130 valence electrons. The summed E-state index contributed by atoms with van der Waals surface area (Å²) in [6, 6.07) is 0. The van der Waals surface area contributed by atoms with E-state index in [1.807, 2.05) is 0 Å². The normalized spacial score (nSPS) is 11.2. The van der Waals surface area contributed by atoms with Gasteiger partial charge in [0.25, 0.3) is 0 Å². The van der Waals surface area contributed by atoms with Gasteiger partial charge in [0, 0.05) is 25.0 Å². The van der Waals surface area contributed by atoms with E-state index in [1.54, 1.807) is 0 Å². The highest BCUT2D eigenvalue weighted by Gasteiger charge is 2.02. The zero-order valence-electron chi connectivity index (χ0n) is 14.2. The van der Waals surface area contributed by atoms with Crippen molar-refractivity contribution < 1.29 is 14.3 Å². The van der Waals surface area contributed by atoms with Crippen LogP contribution in [0.25, 0.3) is 0 Å². The molecule has 0 saturated heterocycles. The fraction of sp³-hybridized carbons (Fsp3) is 0.833. The van der Waals surface area contributed by atoms with Crippen molar-refractivity contribution in [2.24, 2.45) is 0 Å². The van der Waals surface area contributed by atoms with Gasteiger partial charge in [0.15, 0.2) is 0 Å². The molecule has 0 fully saturated rings. The second kappa shape index (κ2) is 18.7. The first-order chi connectivity index (χ1) is 10.8.